The number of carbonyl (C=O) groups is 1. The lowest BCUT2D eigenvalue weighted by molar-refractivity contribution is -0.138. The monoisotopic (exact) mass is 207 g/mol. The van der Waals surface area contributed by atoms with Crippen molar-refractivity contribution in [2.24, 2.45) is 17.2 Å². The van der Waals surface area contributed by atoms with Crippen molar-refractivity contribution in [2.75, 3.05) is 19.7 Å². The van der Waals surface area contributed by atoms with Gasteiger partial charge in [-0.15, -0.1) is 0 Å². The van der Waals surface area contributed by atoms with Crippen LogP contribution in [-0.2, 0) is 4.79 Å². The number of aliphatic hydroxyl groups excluding tert-OH is 1. The molecule has 0 aliphatic rings. The van der Waals surface area contributed by atoms with Crippen LogP contribution >= 0.6 is 0 Å². The van der Waals surface area contributed by atoms with Gasteiger partial charge in [-0.05, 0) is 19.4 Å². The zero-order valence-electron chi connectivity index (χ0n) is 8.35. The fourth-order valence-electron chi connectivity index (χ4n) is 0.632. The van der Waals surface area contributed by atoms with Crippen LogP contribution < -0.4 is 17.2 Å². The third-order valence-corrected chi connectivity index (χ3v) is 1.42. The van der Waals surface area contributed by atoms with Crippen LogP contribution in [0.4, 0.5) is 0 Å². The average Bonchev–Trinajstić information content (AvgIpc) is 2.18. The van der Waals surface area contributed by atoms with Gasteiger partial charge in [0.05, 0.1) is 6.61 Å². The van der Waals surface area contributed by atoms with Gasteiger partial charge in [0, 0.05) is 6.54 Å². The smallest absolute Gasteiger partial charge is 0.320 e. The van der Waals surface area contributed by atoms with Crippen molar-refractivity contribution in [1.29, 1.82) is 0 Å². The molecule has 0 saturated heterocycles. The molecule has 0 aliphatic heterocycles. The van der Waals surface area contributed by atoms with E-state index in [0.29, 0.717) is 19.5 Å². The van der Waals surface area contributed by atoms with Crippen molar-refractivity contribution in [2.45, 2.75) is 25.3 Å². The number of hydrogen-bond donors (Lipinski definition) is 5. The van der Waals surface area contributed by atoms with E-state index in [1.54, 1.807) is 0 Å². The summed E-state index contributed by atoms with van der Waals surface area (Å²) in [4.78, 5) is 10.1. The summed E-state index contributed by atoms with van der Waals surface area (Å²) in [5.41, 5.74) is 15.2. The van der Waals surface area contributed by atoms with E-state index in [9.17, 15) is 4.79 Å². The molecule has 14 heavy (non-hydrogen) atoms. The molecule has 86 valence electrons. The maximum absolute atomic E-state index is 10.1. The first-order valence-electron chi connectivity index (χ1n) is 4.59. The standard InChI is InChI=1S/C6H14N2O2.C2H7NO/c7-4-2-1-3-5(8)6(9)10;3-1-2-4/h5H,1-4,7-8H2,(H,9,10);4H,1-3H2/t5-;/m0./s1. The molecule has 0 heterocycles. The molecule has 0 radical (unpaired) electrons. The Labute approximate surface area is 84.1 Å². The summed E-state index contributed by atoms with van der Waals surface area (Å²) in [6.07, 6.45) is 2.16. The van der Waals surface area contributed by atoms with E-state index < -0.39 is 12.0 Å². The number of carboxylic acids is 1. The van der Waals surface area contributed by atoms with Gasteiger partial charge >= 0.3 is 5.97 Å². The van der Waals surface area contributed by atoms with E-state index in [1.165, 1.54) is 0 Å². The van der Waals surface area contributed by atoms with Crippen molar-refractivity contribution < 1.29 is 15.0 Å². The fraction of sp³-hybridized carbons (Fsp3) is 0.875. The van der Waals surface area contributed by atoms with Gasteiger partial charge in [-0.3, -0.25) is 4.79 Å². The molecule has 0 saturated carbocycles. The zero-order valence-corrected chi connectivity index (χ0v) is 8.35. The van der Waals surface area contributed by atoms with Gasteiger partial charge in [-0.2, -0.15) is 0 Å². The molecule has 0 aromatic rings. The molecule has 0 aliphatic carbocycles. The molecule has 0 aromatic heterocycles. The van der Waals surface area contributed by atoms with E-state index in [1.807, 2.05) is 0 Å². The van der Waals surface area contributed by atoms with E-state index in [4.69, 9.17) is 27.4 Å². The van der Waals surface area contributed by atoms with Gasteiger partial charge in [0.15, 0.2) is 0 Å². The maximum Gasteiger partial charge on any atom is 0.320 e. The Morgan fingerprint density at radius 2 is 1.71 bits per heavy atom. The molecule has 0 spiro atoms. The Kier molecular flexibility index (Phi) is 13.9. The molecule has 0 aromatic carbocycles. The Bertz CT molecular complexity index is 131. The quantitative estimate of drug-likeness (QED) is 0.335. The number of unbranched alkanes of at least 4 members (excludes halogenated alkanes) is 1. The fourth-order valence-corrected chi connectivity index (χ4v) is 0.632. The lowest BCUT2D eigenvalue weighted by atomic mass is 10.1. The topological polar surface area (TPSA) is 136 Å². The van der Waals surface area contributed by atoms with Crippen molar-refractivity contribution >= 4 is 5.97 Å². The Balaban J connectivity index is 0. The molecule has 8 N–H and O–H groups in total. The second kappa shape index (κ2) is 12.3. The molecule has 6 heteroatoms. The number of aliphatic hydroxyl groups is 1. The summed E-state index contributed by atoms with van der Waals surface area (Å²) in [7, 11) is 0. The average molecular weight is 207 g/mol. The minimum Gasteiger partial charge on any atom is -0.480 e. The third kappa shape index (κ3) is 13.9. The predicted octanol–water partition coefficient (Wildman–Crippen LogP) is -1.54. The summed E-state index contributed by atoms with van der Waals surface area (Å²) >= 11 is 0. The van der Waals surface area contributed by atoms with Crippen molar-refractivity contribution in [3.05, 3.63) is 0 Å². The van der Waals surface area contributed by atoms with Crippen molar-refractivity contribution in [1.82, 2.24) is 0 Å². The lowest BCUT2D eigenvalue weighted by Gasteiger charge is -2.03. The highest BCUT2D eigenvalue weighted by molar-refractivity contribution is 5.72. The number of rotatable bonds is 6. The van der Waals surface area contributed by atoms with E-state index in [-0.39, 0.29) is 6.61 Å². The minimum absolute atomic E-state index is 0.0972. The molecule has 0 rings (SSSR count). The lowest BCUT2D eigenvalue weighted by Crippen LogP contribution is -2.29. The summed E-state index contributed by atoms with van der Waals surface area (Å²) in [6, 6.07) is -0.716. The van der Waals surface area contributed by atoms with E-state index in [0.717, 1.165) is 12.8 Å². The Hall–Kier alpha value is -0.690. The highest BCUT2D eigenvalue weighted by Gasteiger charge is 2.09. The van der Waals surface area contributed by atoms with Gasteiger partial charge in [-0.1, -0.05) is 6.42 Å². The summed E-state index contributed by atoms with van der Waals surface area (Å²) in [5, 5.41) is 16.1. The summed E-state index contributed by atoms with van der Waals surface area (Å²) < 4.78 is 0. The maximum atomic E-state index is 10.1. The second-order valence-electron chi connectivity index (χ2n) is 2.74. The van der Waals surface area contributed by atoms with Gasteiger partial charge in [0.25, 0.3) is 0 Å². The first kappa shape index (κ1) is 15.8. The van der Waals surface area contributed by atoms with Crippen LogP contribution in [0.25, 0.3) is 0 Å². The second-order valence-corrected chi connectivity index (χ2v) is 2.74. The normalized spacial score (nSPS) is 11.4. The van der Waals surface area contributed by atoms with E-state index >= 15 is 0 Å². The zero-order chi connectivity index (χ0) is 11.4. The largest absolute Gasteiger partial charge is 0.480 e. The molecule has 1 atom stereocenters. The first-order chi connectivity index (χ1) is 6.59. The first-order valence-corrected chi connectivity index (χ1v) is 4.59. The molecule has 0 unspecified atom stereocenters. The van der Waals surface area contributed by atoms with Crippen LogP contribution in [0.15, 0.2) is 0 Å². The van der Waals surface area contributed by atoms with Crippen LogP contribution in [0.3, 0.4) is 0 Å². The van der Waals surface area contributed by atoms with Crippen LogP contribution in [0.5, 0.6) is 0 Å². The van der Waals surface area contributed by atoms with Crippen LogP contribution in [0.1, 0.15) is 19.3 Å². The van der Waals surface area contributed by atoms with Gasteiger partial charge in [0.2, 0.25) is 0 Å². The SMILES string of the molecule is NCCCC[C@H](N)C(=O)O.NCCO. The third-order valence-electron chi connectivity index (χ3n) is 1.42. The van der Waals surface area contributed by atoms with Crippen LogP contribution in [-0.4, -0.2) is 41.9 Å². The summed E-state index contributed by atoms with van der Waals surface area (Å²) in [6.45, 7) is 1.08. The van der Waals surface area contributed by atoms with Gasteiger partial charge in [0.1, 0.15) is 6.04 Å². The predicted molar refractivity (Wildman–Crippen MR) is 54.7 cm³/mol. The highest BCUT2D eigenvalue weighted by Crippen LogP contribution is 1.96. The Morgan fingerprint density at radius 3 is 2.00 bits per heavy atom. The minimum atomic E-state index is -0.933. The molecular formula is C8H21N3O3. The Morgan fingerprint density at radius 1 is 1.21 bits per heavy atom. The van der Waals surface area contributed by atoms with Crippen LogP contribution in [0.2, 0.25) is 0 Å². The molecule has 6 nitrogen and oxygen atoms in total. The number of nitrogens with two attached hydrogens (primary N) is 3. The van der Waals surface area contributed by atoms with Crippen molar-refractivity contribution in [3.63, 3.8) is 0 Å². The van der Waals surface area contributed by atoms with E-state index in [2.05, 4.69) is 0 Å². The number of aliphatic carboxylic acids is 1. The molecule has 0 bridgehead atoms. The molecule has 0 fully saturated rings. The number of carboxylic acid groups (broad SMARTS) is 1. The molecule has 0 amide bonds. The highest BCUT2D eigenvalue weighted by atomic mass is 16.4. The van der Waals surface area contributed by atoms with Crippen molar-refractivity contribution in [3.8, 4) is 0 Å². The van der Waals surface area contributed by atoms with Crippen LogP contribution in [0, 0.1) is 0 Å². The summed E-state index contributed by atoms with van der Waals surface area (Å²) in [5.74, 6) is -0.933. The van der Waals surface area contributed by atoms with Gasteiger partial charge in [-0.25, -0.2) is 0 Å². The number of hydrogen-bond acceptors (Lipinski definition) is 5. The molecular weight excluding hydrogens is 186 g/mol. The van der Waals surface area contributed by atoms with Gasteiger partial charge < -0.3 is 27.4 Å².